The van der Waals surface area contributed by atoms with Crippen molar-refractivity contribution < 1.29 is 17.9 Å². The van der Waals surface area contributed by atoms with E-state index < -0.39 is 10.0 Å². The second kappa shape index (κ2) is 11.6. The highest BCUT2D eigenvalue weighted by atomic mass is 32.2. The number of unbranched alkanes of at least 4 members (excludes halogenated alkanes) is 1. The van der Waals surface area contributed by atoms with Gasteiger partial charge in [-0.15, -0.1) is 0 Å². The maximum Gasteiger partial charge on any atom is 0.211 e. The van der Waals surface area contributed by atoms with E-state index in [1.165, 1.54) is 16.1 Å². The van der Waals surface area contributed by atoms with Gasteiger partial charge in [0.05, 0.1) is 13.4 Å². The van der Waals surface area contributed by atoms with E-state index in [0.29, 0.717) is 32.4 Å². The minimum Gasteiger partial charge on any atom is -0.496 e. The Kier molecular flexibility index (Phi) is 8.84. The molecule has 3 rings (SSSR count). The number of fused-ring (bicyclic) bond motifs is 1. The van der Waals surface area contributed by atoms with Crippen molar-refractivity contribution in [2.24, 2.45) is 0 Å². The van der Waals surface area contributed by atoms with E-state index in [4.69, 9.17) is 4.74 Å². The van der Waals surface area contributed by atoms with Crippen LogP contribution in [0.4, 0.5) is 0 Å². The molecule has 2 aromatic carbocycles. The number of ketones is 1. The van der Waals surface area contributed by atoms with Gasteiger partial charge in [0.15, 0.2) is 5.78 Å². The van der Waals surface area contributed by atoms with Crippen molar-refractivity contribution >= 4 is 15.8 Å². The van der Waals surface area contributed by atoms with Gasteiger partial charge in [-0.2, -0.15) is 0 Å². The van der Waals surface area contributed by atoms with Crippen LogP contribution in [0, 0.1) is 0 Å². The Bertz CT molecular complexity index is 1020. The highest BCUT2D eigenvalue weighted by Crippen LogP contribution is 2.20. The van der Waals surface area contributed by atoms with Crippen LogP contribution >= 0.6 is 0 Å². The summed E-state index contributed by atoms with van der Waals surface area (Å²) >= 11 is 0. The first-order chi connectivity index (χ1) is 15.4. The highest BCUT2D eigenvalue weighted by Gasteiger charge is 2.21. The number of hydrogen-bond donors (Lipinski definition) is 1. The Labute approximate surface area is 192 Å². The maximum atomic E-state index is 12.6. The van der Waals surface area contributed by atoms with Crippen LogP contribution in [-0.2, 0) is 29.3 Å². The molecule has 0 saturated heterocycles. The van der Waals surface area contributed by atoms with Gasteiger partial charge in [-0.1, -0.05) is 30.3 Å². The number of carbonyl (C=O) groups excluding carboxylic acids is 1. The molecule has 7 heteroatoms. The van der Waals surface area contributed by atoms with Crippen molar-refractivity contribution in [3.63, 3.8) is 0 Å². The van der Waals surface area contributed by atoms with Gasteiger partial charge in [-0.05, 0) is 74.0 Å². The van der Waals surface area contributed by atoms with E-state index in [1.54, 1.807) is 7.11 Å². The number of Topliss-reactive ketones (excluding diaryl/α,β-unsaturated/α-hetero) is 1. The average Bonchev–Trinajstić information content (AvgIpc) is 3.00. The first kappa shape index (κ1) is 24.4. The molecule has 0 aromatic heterocycles. The van der Waals surface area contributed by atoms with Crippen molar-refractivity contribution in [1.82, 2.24) is 9.62 Å². The zero-order chi connectivity index (χ0) is 23.0. The maximum absolute atomic E-state index is 12.6. The molecule has 0 saturated carbocycles. The number of rotatable bonds is 11. The molecule has 1 aliphatic rings. The zero-order valence-electron chi connectivity index (χ0n) is 19.1. The monoisotopic (exact) mass is 458 g/mol. The lowest BCUT2D eigenvalue weighted by atomic mass is 9.97. The number of ether oxygens (including phenoxy) is 1. The van der Waals surface area contributed by atoms with Crippen LogP contribution < -0.4 is 10.1 Å². The number of para-hydroxylation sites is 1. The van der Waals surface area contributed by atoms with Gasteiger partial charge in [-0.25, -0.2) is 12.7 Å². The Hall–Kier alpha value is -2.22. The minimum absolute atomic E-state index is 0.158. The molecule has 0 radical (unpaired) electrons. The molecule has 0 atom stereocenters. The zero-order valence-corrected chi connectivity index (χ0v) is 19.9. The SMILES string of the molecule is COc1ccccc1CCNCCCCC(=O)c1ccc2c(c1)CCN(S(C)(=O)=O)CC2. The summed E-state index contributed by atoms with van der Waals surface area (Å²) in [6.45, 7) is 2.74. The summed E-state index contributed by atoms with van der Waals surface area (Å²) in [4.78, 5) is 12.6. The van der Waals surface area contributed by atoms with E-state index in [9.17, 15) is 13.2 Å². The number of benzene rings is 2. The van der Waals surface area contributed by atoms with Gasteiger partial charge in [0.1, 0.15) is 5.75 Å². The topological polar surface area (TPSA) is 75.7 Å². The summed E-state index contributed by atoms with van der Waals surface area (Å²) in [6, 6.07) is 13.9. The van der Waals surface area contributed by atoms with Crippen molar-refractivity contribution in [1.29, 1.82) is 0 Å². The summed E-state index contributed by atoms with van der Waals surface area (Å²) in [6.07, 6.45) is 5.84. The van der Waals surface area contributed by atoms with Crippen LogP contribution in [0.1, 0.15) is 46.3 Å². The number of nitrogens with one attached hydrogen (secondary N) is 1. The minimum atomic E-state index is -3.18. The molecule has 1 N–H and O–H groups in total. The first-order valence-corrected chi connectivity index (χ1v) is 13.2. The Balaban J connectivity index is 1.39. The number of methoxy groups -OCH3 is 1. The number of nitrogens with zero attached hydrogens (tertiary/aromatic N) is 1. The van der Waals surface area contributed by atoms with Crippen LogP contribution in [0.5, 0.6) is 5.75 Å². The molecular formula is C25H34N2O4S. The summed E-state index contributed by atoms with van der Waals surface area (Å²) < 4.78 is 30.6. The predicted octanol–water partition coefficient (Wildman–Crippen LogP) is 3.24. The van der Waals surface area contributed by atoms with Crippen molar-refractivity contribution in [2.75, 3.05) is 39.5 Å². The number of sulfonamides is 1. The standard InChI is InChI=1S/C25H34N2O4S/c1-31-25-9-4-3-7-21(25)12-16-26-15-6-5-8-24(28)23-11-10-20-13-17-27(32(2,29)30)18-14-22(20)19-23/h3-4,7,9-11,19,26H,5-6,8,12-18H2,1-2H3. The van der Waals surface area contributed by atoms with Crippen molar-refractivity contribution in [3.8, 4) is 5.75 Å². The lowest BCUT2D eigenvalue weighted by molar-refractivity contribution is 0.0979. The van der Waals surface area contributed by atoms with Crippen LogP contribution in [0.2, 0.25) is 0 Å². The van der Waals surface area contributed by atoms with Crippen LogP contribution in [-0.4, -0.2) is 58.1 Å². The molecule has 1 aliphatic heterocycles. The molecule has 174 valence electrons. The molecule has 0 unspecified atom stereocenters. The van der Waals surface area contributed by atoms with Crippen molar-refractivity contribution in [3.05, 3.63) is 64.7 Å². The highest BCUT2D eigenvalue weighted by molar-refractivity contribution is 7.88. The second-order valence-electron chi connectivity index (χ2n) is 8.34. The van der Waals surface area contributed by atoms with Crippen LogP contribution in [0.3, 0.4) is 0 Å². The lowest BCUT2D eigenvalue weighted by Crippen LogP contribution is -2.32. The Morgan fingerprint density at radius 2 is 1.78 bits per heavy atom. The van der Waals surface area contributed by atoms with E-state index in [0.717, 1.165) is 54.8 Å². The molecule has 6 nitrogen and oxygen atoms in total. The fourth-order valence-electron chi connectivity index (χ4n) is 4.15. The van der Waals surface area contributed by atoms with Gasteiger partial charge >= 0.3 is 0 Å². The van der Waals surface area contributed by atoms with E-state index in [1.807, 2.05) is 36.4 Å². The second-order valence-corrected chi connectivity index (χ2v) is 10.3. The van der Waals surface area contributed by atoms with Crippen LogP contribution in [0.25, 0.3) is 0 Å². The fraction of sp³-hybridized carbons (Fsp3) is 0.480. The molecule has 0 spiro atoms. The van der Waals surface area contributed by atoms with Gasteiger partial charge in [0.25, 0.3) is 0 Å². The predicted molar refractivity (Wildman–Crippen MR) is 128 cm³/mol. The normalized spacial score (nSPS) is 14.6. The van der Waals surface area contributed by atoms with Gasteiger partial charge in [0.2, 0.25) is 10.0 Å². The van der Waals surface area contributed by atoms with Gasteiger partial charge in [0, 0.05) is 25.1 Å². The van der Waals surface area contributed by atoms with E-state index >= 15 is 0 Å². The summed E-state index contributed by atoms with van der Waals surface area (Å²) in [5.41, 5.74) is 4.17. The Morgan fingerprint density at radius 1 is 1.03 bits per heavy atom. The molecule has 0 fully saturated rings. The molecule has 32 heavy (non-hydrogen) atoms. The largest absolute Gasteiger partial charge is 0.496 e. The number of carbonyl (C=O) groups is 1. The third-order valence-corrected chi connectivity index (χ3v) is 7.33. The summed E-state index contributed by atoms with van der Waals surface area (Å²) in [7, 11) is -1.49. The molecular weight excluding hydrogens is 424 g/mol. The molecule has 0 bridgehead atoms. The third kappa shape index (κ3) is 6.89. The summed E-state index contributed by atoms with van der Waals surface area (Å²) in [5, 5.41) is 3.44. The molecule has 1 heterocycles. The Morgan fingerprint density at radius 3 is 2.53 bits per heavy atom. The number of hydrogen-bond acceptors (Lipinski definition) is 5. The van der Waals surface area contributed by atoms with Gasteiger partial charge in [-0.3, -0.25) is 4.79 Å². The molecule has 2 aromatic rings. The van der Waals surface area contributed by atoms with Gasteiger partial charge < -0.3 is 10.1 Å². The lowest BCUT2D eigenvalue weighted by Gasteiger charge is -2.16. The molecule has 0 aliphatic carbocycles. The van der Waals surface area contributed by atoms with E-state index in [-0.39, 0.29) is 5.78 Å². The van der Waals surface area contributed by atoms with Crippen LogP contribution in [0.15, 0.2) is 42.5 Å². The smallest absolute Gasteiger partial charge is 0.211 e. The van der Waals surface area contributed by atoms with Crippen molar-refractivity contribution in [2.45, 2.75) is 38.5 Å². The molecule has 0 amide bonds. The average molecular weight is 459 g/mol. The fourth-order valence-corrected chi connectivity index (χ4v) is 4.99. The summed E-state index contributed by atoms with van der Waals surface area (Å²) in [5.74, 6) is 1.08. The third-order valence-electron chi connectivity index (χ3n) is 6.03. The first-order valence-electron chi connectivity index (χ1n) is 11.3. The quantitative estimate of drug-likeness (QED) is 0.413. The van der Waals surface area contributed by atoms with E-state index in [2.05, 4.69) is 11.4 Å².